The number of rotatable bonds is 3. The average Bonchev–Trinajstić information content (AvgIpc) is 2.57. The van der Waals surface area contributed by atoms with Crippen LogP contribution < -0.4 is 5.73 Å². The second-order valence-corrected chi connectivity index (χ2v) is 4.68. The smallest absolute Gasteiger partial charge is 0.223 e. The van der Waals surface area contributed by atoms with E-state index in [1.165, 1.54) is 25.7 Å². The van der Waals surface area contributed by atoms with Crippen LogP contribution in [0.2, 0.25) is 0 Å². The highest BCUT2D eigenvalue weighted by Crippen LogP contribution is 2.09. The highest BCUT2D eigenvalue weighted by molar-refractivity contribution is 5.79. The zero-order valence-electron chi connectivity index (χ0n) is 11.0. The summed E-state index contributed by atoms with van der Waals surface area (Å²) in [5.41, 5.74) is 5.93. The van der Waals surface area contributed by atoms with Crippen molar-refractivity contribution in [1.82, 2.24) is 9.80 Å². The lowest BCUT2D eigenvalue weighted by Gasteiger charge is -2.21. The molecule has 5 heteroatoms. The molecule has 1 rings (SSSR count). The number of nitrogens with two attached hydrogens (primary N) is 1. The molecule has 0 spiro atoms. The van der Waals surface area contributed by atoms with Crippen LogP contribution in [0.3, 0.4) is 0 Å². The molecule has 1 aliphatic heterocycles. The third-order valence-electron chi connectivity index (χ3n) is 3.03. The Morgan fingerprint density at radius 1 is 1.24 bits per heavy atom. The number of hydrogen-bond donors (Lipinski definition) is 1. The zero-order chi connectivity index (χ0) is 12.7. The fourth-order valence-corrected chi connectivity index (χ4v) is 1.89. The van der Waals surface area contributed by atoms with E-state index in [1.807, 2.05) is 0 Å². The van der Waals surface area contributed by atoms with Crippen molar-refractivity contribution in [1.29, 1.82) is 0 Å². The lowest BCUT2D eigenvalue weighted by Crippen LogP contribution is -2.38. The lowest BCUT2D eigenvalue weighted by atomic mass is 10.2. The number of likely N-dealkylation sites (tertiary alicyclic amines) is 1. The van der Waals surface area contributed by atoms with Crippen LogP contribution in [-0.2, 0) is 4.79 Å². The number of amides is 1. The molecule has 0 bridgehead atoms. The largest absolute Gasteiger partial charge is 0.370 e. The number of nitrogens with zero attached hydrogens (tertiary/aromatic N) is 3. The molecule has 1 saturated heterocycles. The van der Waals surface area contributed by atoms with E-state index < -0.39 is 0 Å². The minimum Gasteiger partial charge on any atom is -0.370 e. The quantitative estimate of drug-likeness (QED) is 0.582. The van der Waals surface area contributed by atoms with Gasteiger partial charge in [-0.15, -0.1) is 0 Å². The van der Waals surface area contributed by atoms with Gasteiger partial charge in [-0.3, -0.25) is 9.79 Å². The molecule has 1 aliphatic rings. The molecule has 5 nitrogen and oxygen atoms in total. The van der Waals surface area contributed by atoms with Crippen molar-refractivity contribution in [3.05, 3.63) is 0 Å². The molecule has 1 amide bonds. The number of carbonyl (C=O) groups is 1. The Bertz CT molecular complexity index is 268. The Morgan fingerprint density at radius 2 is 1.82 bits per heavy atom. The summed E-state index contributed by atoms with van der Waals surface area (Å²) in [7, 11) is 3.51. The molecule has 0 atom stereocenters. The fourth-order valence-electron chi connectivity index (χ4n) is 1.89. The highest BCUT2D eigenvalue weighted by atomic mass is 16.2. The van der Waals surface area contributed by atoms with Gasteiger partial charge in [0.25, 0.3) is 0 Å². The van der Waals surface area contributed by atoms with Crippen LogP contribution in [0.1, 0.15) is 32.1 Å². The molecule has 0 aliphatic carbocycles. The normalized spacial score (nSPS) is 17.8. The van der Waals surface area contributed by atoms with Gasteiger partial charge in [0.05, 0.1) is 6.54 Å². The van der Waals surface area contributed by atoms with Gasteiger partial charge in [0.1, 0.15) is 0 Å². The molecule has 98 valence electrons. The Kier molecular flexibility index (Phi) is 5.80. The summed E-state index contributed by atoms with van der Waals surface area (Å²) in [5.74, 6) is 0.691. The third-order valence-corrected chi connectivity index (χ3v) is 3.03. The predicted octanol–water partition coefficient (Wildman–Crippen LogP) is 0.655. The number of aliphatic imine (C=N–C) groups is 1. The summed E-state index contributed by atoms with van der Waals surface area (Å²) < 4.78 is 0. The van der Waals surface area contributed by atoms with E-state index in [0.29, 0.717) is 18.9 Å². The molecular formula is C12H24N4O. The summed E-state index contributed by atoms with van der Waals surface area (Å²) in [6.07, 6.45) is 5.37. The lowest BCUT2D eigenvalue weighted by molar-refractivity contribution is -0.128. The third kappa shape index (κ3) is 5.06. The maximum Gasteiger partial charge on any atom is 0.223 e. The minimum absolute atomic E-state index is 0.0948. The van der Waals surface area contributed by atoms with Gasteiger partial charge in [0.2, 0.25) is 5.91 Å². The van der Waals surface area contributed by atoms with Gasteiger partial charge >= 0.3 is 0 Å². The van der Waals surface area contributed by atoms with Crippen molar-refractivity contribution in [3.63, 3.8) is 0 Å². The van der Waals surface area contributed by atoms with Crippen LogP contribution >= 0.6 is 0 Å². The van der Waals surface area contributed by atoms with Crippen molar-refractivity contribution in [2.45, 2.75) is 32.1 Å². The summed E-state index contributed by atoms with van der Waals surface area (Å²) in [6.45, 7) is 2.48. The molecule has 0 unspecified atom stereocenters. The number of guanidine groups is 1. The van der Waals surface area contributed by atoms with Gasteiger partial charge in [0.15, 0.2) is 5.96 Å². The average molecular weight is 240 g/mol. The Morgan fingerprint density at radius 3 is 2.35 bits per heavy atom. The van der Waals surface area contributed by atoms with Crippen LogP contribution in [0.4, 0.5) is 0 Å². The van der Waals surface area contributed by atoms with Crippen molar-refractivity contribution in [2.24, 2.45) is 10.7 Å². The SMILES string of the molecule is CN(C)C(=O)CCN=C(N)N1CCCCCC1. The van der Waals surface area contributed by atoms with Crippen LogP contribution in [0.15, 0.2) is 4.99 Å². The van der Waals surface area contributed by atoms with Gasteiger partial charge in [-0.2, -0.15) is 0 Å². The van der Waals surface area contributed by atoms with Gasteiger partial charge in [0, 0.05) is 33.6 Å². The summed E-state index contributed by atoms with van der Waals surface area (Å²) in [6, 6.07) is 0. The molecule has 0 saturated carbocycles. The maximum atomic E-state index is 11.4. The van der Waals surface area contributed by atoms with Crippen LogP contribution in [0.5, 0.6) is 0 Å². The standard InChI is InChI=1S/C12H24N4O/c1-15(2)11(17)7-8-14-12(13)16-9-5-3-4-6-10-16/h3-10H2,1-2H3,(H2,13,14). The van der Waals surface area contributed by atoms with Gasteiger partial charge in [-0.25, -0.2) is 0 Å². The van der Waals surface area contributed by atoms with E-state index in [0.717, 1.165) is 13.1 Å². The predicted molar refractivity (Wildman–Crippen MR) is 69.8 cm³/mol. The topological polar surface area (TPSA) is 61.9 Å². The second kappa shape index (κ2) is 7.14. The molecule has 0 radical (unpaired) electrons. The molecule has 0 aromatic rings. The van der Waals surface area contributed by atoms with E-state index in [2.05, 4.69) is 9.89 Å². The van der Waals surface area contributed by atoms with E-state index in [-0.39, 0.29) is 5.91 Å². The Hall–Kier alpha value is -1.26. The molecule has 0 aromatic heterocycles. The number of carbonyl (C=O) groups excluding carboxylic acids is 1. The second-order valence-electron chi connectivity index (χ2n) is 4.68. The van der Waals surface area contributed by atoms with Crippen LogP contribution in [0.25, 0.3) is 0 Å². The zero-order valence-corrected chi connectivity index (χ0v) is 11.0. The maximum absolute atomic E-state index is 11.4. The van der Waals surface area contributed by atoms with Crippen molar-refractivity contribution in [3.8, 4) is 0 Å². The first-order valence-corrected chi connectivity index (χ1v) is 6.36. The van der Waals surface area contributed by atoms with E-state index in [1.54, 1.807) is 19.0 Å². The first-order chi connectivity index (χ1) is 8.11. The first-order valence-electron chi connectivity index (χ1n) is 6.36. The monoisotopic (exact) mass is 240 g/mol. The summed E-state index contributed by atoms with van der Waals surface area (Å²) in [5, 5.41) is 0. The molecular weight excluding hydrogens is 216 g/mol. The molecule has 2 N–H and O–H groups in total. The van der Waals surface area contributed by atoms with Gasteiger partial charge < -0.3 is 15.5 Å². The highest BCUT2D eigenvalue weighted by Gasteiger charge is 2.10. The summed E-state index contributed by atoms with van der Waals surface area (Å²) >= 11 is 0. The van der Waals surface area contributed by atoms with E-state index >= 15 is 0 Å². The fraction of sp³-hybridized carbons (Fsp3) is 0.833. The molecule has 1 fully saturated rings. The molecule has 17 heavy (non-hydrogen) atoms. The summed E-state index contributed by atoms with van der Waals surface area (Å²) in [4.78, 5) is 19.4. The number of hydrogen-bond acceptors (Lipinski definition) is 2. The van der Waals surface area contributed by atoms with Crippen LogP contribution in [-0.4, -0.2) is 55.4 Å². The van der Waals surface area contributed by atoms with Crippen molar-refractivity contribution in [2.75, 3.05) is 33.7 Å². The molecule has 1 heterocycles. The van der Waals surface area contributed by atoms with Crippen molar-refractivity contribution >= 4 is 11.9 Å². The van der Waals surface area contributed by atoms with E-state index in [9.17, 15) is 4.79 Å². The van der Waals surface area contributed by atoms with Crippen LogP contribution in [0, 0.1) is 0 Å². The Balaban J connectivity index is 2.34. The molecule has 0 aromatic carbocycles. The van der Waals surface area contributed by atoms with Gasteiger partial charge in [-0.05, 0) is 12.8 Å². The van der Waals surface area contributed by atoms with Crippen molar-refractivity contribution < 1.29 is 4.79 Å². The van der Waals surface area contributed by atoms with Gasteiger partial charge in [-0.1, -0.05) is 12.8 Å². The Labute approximate surface area is 104 Å². The van der Waals surface area contributed by atoms with E-state index in [4.69, 9.17) is 5.73 Å². The first kappa shape index (κ1) is 13.8. The minimum atomic E-state index is 0.0948.